The molecule has 1 aliphatic carbocycles. The number of carbonyl (C=O) groups is 1. The topological polar surface area (TPSA) is 42.9 Å². The van der Waals surface area contributed by atoms with E-state index in [1.807, 2.05) is 0 Å². The maximum absolute atomic E-state index is 12.6. The second-order valence-corrected chi connectivity index (χ2v) is 6.47. The summed E-state index contributed by atoms with van der Waals surface area (Å²) in [6.07, 6.45) is 5.87. The van der Waals surface area contributed by atoms with Crippen molar-refractivity contribution in [2.45, 2.75) is 51.4 Å². The number of ketones is 1. The van der Waals surface area contributed by atoms with Gasteiger partial charge < -0.3 is 0 Å². The summed E-state index contributed by atoms with van der Waals surface area (Å²) >= 11 is 1.26. The van der Waals surface area contributed by atoms with E-state index in [4.69, 9.17) is 0 Å². The van der Waals surface area contributed by atoms with E-state index in [1.165, 1.54) is 29.1 Å². The number of nitrogens with zero attached hydrogens (tertiary/aromatic N) is 2. The van der Waals surface area contributed by atoms with Gasteiger partial charge in [-0.15, -0.1) is 5.10 Å². The minimum atomic E-state index is 0.218. The zero-order chi connectivity index (χ0) is 14.7. The van der Waals surface area contributed by atoms with Crippen LogP contribution in [0, 0.1) is 0 Å². The molecule has 1 heterocycles. The molecule has 0 bridgehead atoms. The highest BCUT2D eigenvalue weighted by molar-refractivity contribution is 7.08. The van der Waals surface area contributed by atoms with E-state index >= 15 is 0 Å². The van der Waals surface area contributed by atoms with Gasteiger partial charge in [0.25, 0.3) is 0 Å². The van der Waals surface area contributed by atoms with Crippen LogP contribution in [0.3, 0.4) is 0 Å². The van der Waals surface area contributed by atoms with Gasteiger partial charge in [0.15, 0.2) is 5.78 Å². The molecule has 0 radical (unpaired) electrons. The zero-order valence-electron chi connectivity index (χ0n) is 12.3. The normalized spacial score (nSPS) is 17.5. The molecule has 0 spiro atoms. The van der Waals surface area contributed by atoms with Crippen LogP contribution in [0.1, 0.15) is 65.0 Å². The summed E-state index contributed by atoms with van der Waals surface area (Å²) in [6, 6.07) is 8.56. The third-order valence-corrected chi connectivity index (χ3v) is 5.03. The fourth-order valence-corrected chi connectivity index (χ4v) is 3.86. The Morgan fingerprint density at radius 2 is 2.24 bits per heavy atom. The van der Waals surface area contributed by atoms with E-state index in [0.29, 0.717) is 12.3 Å². The quantitative estimate of drug-likeness (QED) is 0.778. The van der Waals surface area contributed by atoms with Gasteiger partial charge in [-0.1, -0.05) is 42.1 Å². The van der Waals surface area contributed by atoms with E-state index in [2.05, 4.69) is 40.8 Å². The molecule has 1 aromatic heterocycles. The zero-order valence-corrected chi connectivity index (χ0v) is 13.2. The number of hydrogen-bond acceptors (Lipinski definition) is 4. The molecule has 1 unspecified atom stereocenters. The van der Waals surface area contributed by atoms with Crippen LogP contribution in [0.5, 0.6) is 0 Å². The van der Waals surface area contributed by atoms with Gasteiger partial charge in [0.2, 0.25) is 0 Å². The molecule has 0 N–H and O–H groups in total. The third kappa shape index (κ3) is 3.05. The second kappa shape index (κ2) is 6.48. The third-order valence-electron chi connectivity index (χ3n) is 4.22. The van der Waals surface area contributed by atoms with Crippen molar-refractivity contribution >= 4 is 17.3 Å². The number of aryl methyl sites for hydroxylation is 2. The fourth-order valence-electron chi connectivity index (χ4n) is 3.20. The maximum Gasteiger partial charge on any atom is 0.176 e. The number of benzene rings is 1. The van der Waals surface area contributed by atoms with E-state index in [1.54, 1.807) is 0 Å². The summed E-state index contributed by atoms with van der Waals surface area (Å²) < 4.78 is 3.97. The van der Waals surface area contributed by atoms with Crippen molar-refractivity contribution in [1.82, 2.24) is 9.59 Å². The SMILES string of the molecule is CCCc1nnsc1C(=O)CC1CCCc2ccccc21. The van der Waals surface area contributed by atoms with Crippen molar-refractivity contribution in [3.63, 3.8) is 0 Å². The molecule has 1 aliphatic rings. The Balaban J connectivity index is 1.78. The molecular weight excluding hydrogens is 280 g/mol. The lowest BCUT2D eigenvalue weighted by atomic mass is 9.80. The monoisotopic (exact) mass is 300 g/mol. The van der Waals surface area contributed by atoms with Crippen molar-refractivity contribution in [1.29, 1.82) is 0 Å². The summed E-state index contributed by atoms with van der Waals surface area (Å²) in [6.45, 7) is 2.10. The molecule has 3 rings (SSSR count). The fraction of sp³-hybridized carbons (Fsp3) is 0.471. The molecule has 21 heavy (non-hydrogen) atoms. The summed E-state index contributed by atoms with van der Waals surface area (Å²) in [4.78, 5) is 13.4. The molecular formula is C17H20N2OS. The minimum Gasteiger partial charge on any atom is -0.293 e. The van der Waals surface area contributed by atoms with E-state index in [0.717, 1.165) is 36.3 Å². The smallest absolute Gasteiger partial charge is 0.176 e. The molecule has 110 valence electrons. The summed E-state index contributed by atoms with van der Waals surface area (Å²) in [5.74, 6) is 0.578. The van der Waals surface area contributed by atoms with Crippen LogP contribution in [0.2, 0.25) is 0 Å². The molecule has 1 aromatic carbocycles. The van der Waals surface area contributed by atoms with Crippen LogP contribution in [-0.4, -0.2) is 15.4 Å². The first-order chi connectivity index (χ1) is 10.3. The minimum absolute atomic E-state index is 0.218. The molecule has 0 aliphatic heterocycles. The molecule has 0 saturated carbocycles. The Morgan fingerprint density at radius 1 is 1.38 bits per heavy atom. The first kappa shape index (κ1) is 14.4. The second-order valence-electron chi connectivity index (χ2n) is 5.71. The van der Waals surface area contributed by atoms with Crippen molar-refractivity contribution < 1.29 is 4.79 Å². The average molecular weight is 300 g/mol. The van der Waals surface area contributed by atoms with Crippen molar-refractivity contribution in [3.8, 4) is 0 Å². The number of carbonyl (C=O) groups excluding carboxylic acids is 1. The van der Waals surface area contributed by atoms with Crippen LogP contribution >= 0.6 is 11.5 Å². The lowest BCUT2D eigenvalue weighted by Gasteiger charge is -2.24. The van der Waals surface area contributed by atoms with Gasteiger partial charge >= 0.3 is 0 Å². The van der Waals surface area contributed by atoms with Crippen LogP contribution in [0.15, 0.2) is 24.3 Å². The van der Waals surface area contributed by atoms with E-state index in [-0.39, 0.29) is 5.78 Å². The predicted octanol–water partition coefficient (Wildman–Crippen LogP) is 4.18. The highest BCUT2D eigenvalue weighted by Crippen LogP contribution is 2.35. The van der Waals surface area contributed by atoms with Gasteiger partial charge in [-0.25, -0.2) is 0 Å². The molecule has 0 fully saturated rings. The number of rotatable bonds is 5. The Kier molecular flexibility index (Phi) is 4.44. The highest BCUT2D eigenvalue weighted by Gasteiger charge is 2.25. The predicted molar refractivity (Wildman–Crippen MR) is 85.0 cm³/mol. The molecule has 0 saturated heterocycles. The Labute approximate surface area is 129 Å². The van der Waals surface area contributed by atoms with Gasteiger partial charge in [0, 0.05) is 6.42 Å². The van der Waals surface area contributed by atoms with E-state index in [9.17, 15) is 4.79 Å². The summed E-state index contributed by atoms with van der Waals surface area (Å²) in [5.41, 5.74) is 3.67. The number of fused-ring (bicyclic) bond motifs is 1. The largest absolute Gasteiger partial charge is 0.293 e. The van der Waals surface area contributed by atoms with Gasteiger partial charge in [0.1, 0.15) is 4.88 Å². The van der Waals surface area contributed by atoms with Gasteiger partial charge in [-0.3, -0.25) is 4.79 Å². The number of Topliss-reactive ketones (excluding diaryl/α,β-unsaturated/α-hetero) is 1. The summed E-state index contributed by atoms with van der Waals surface area (Å²) in [5, 5.41) is 4.11. The molecule has 4 heteroatoms. The van der Waals surface area contributed by atoms with Crippen molar-refractivity contribution in [2.24, 2.45) is 0 Å². The van der Waals surface area contributed by atoms with Crippen LogP contribution < -0.4 is 0 Å². The lowest BCUT2D eigenvalue weighted by Crippen LogP contribution is -2.14. The lowest BCUT2D eigenvalue weighted by molar-refractivity contribution is 0.0974. The van der Waals surface area contributed by atoms with Crippen molar-refractivity contribution in [2.75, 3.05) is 0 Å². The van der Waals surface area contributed by atoms with Crippen molar-refractivity contribution in [3.05, 3.63) is 46.0 Å². The summed E-state index contributed by atoms with van der Waals surface area (Å²) in [7, 11) is 0. The number of hydrogen-bond donors (Lipinski definition) is 0. The first-order valence-corrected chi connectivity index (χ1v) is 8.49. The standard InChI is InChI=1S/C17H20N2OS/c1-2-6-15-17(21-19-18-15)16(20)11-13-9-5-8-12-7-3-4-10-14(12)13/h3-4,7,10,13H,2,5-6,8-9,11H2,1H3. The molecule has 0 amide bonds. The van der Waals surface area contributed by atoms with Gasteiger partial charge in [0.05, 0.1) is 5.69 Å². The first-order valence-electron chi connectivity index (χ1n) is 7.71. The van der Waals surface area contributed by atoms with E-state index < -0.39 is 0 Å². The Hall–Kier alpha value is -1.55. The molecule has 1 atom stereocenters. The van der Waals surface area contributed by atoms with Crippen LogP contribution in [0.25, 0.3) is 0 Å². The maximum atomic E-state index is 12.6. The van der Waals surface area contributed by atoms with Crippen LogP contribution in [0.4, 0.5) is 0 Å². The van der Waals surface area contributed by atoms with Crippen LogP contribution in [-0.2, 0) is 12.8 Å². The highest BCUT2D eigenvalue weighted by atomic mass is 32.1. The van der Waals surface area contributed by atoms with Gasteiger partial charge in [-0.05, 0) is 54.3 Å². The average Bonchev–Trinajstić information content (AvgIpc) is 2.96. The van der Waals surface area contributed by atoms with Gasteiger partial charge in [-0.2, -0.15) is 0 Å². The number of aromatic nitrogens is 2. The Morgan fingerprint density at radius 3 is 3.10 bits per heavy atom. The molecule has 3 nitrogen and oxygen atoms in total. The molecule has 2 aromatic rings. The Bertz CT molecular complexity index is 635.